The highest BCUT2D eigenvalue weighted by atomic mass is 35.5. The number of halogens is 3. The Kier molecular flexibility index (Phi) is 4.15. The van der Waals surface area contributed by atoms with Crippen LogP contribution in [-0.2, 0) is 0 Å². The fraction of sp³-hybridized carbons (Fsp3) is 0.231. The third-order valence-corrected chi connectivity index (χ3v) is 4.16. The van der Waals surface area contributed by atoms with Crippen LogP contribution in [0.4, 0.5) is 10.1 Å². The van der Waals surface area contributed by atoms with Gasteiger partial charge in [-0.1, -0.05) is 29.3 Å². The Morgan fingerprint density at radius 2 is 2.00 bits per heavy atom. The van der Waals surface area contributed by atoms with Crippen molar-refractivity contribution in [2.24, 2.45) is 0 Å². The number of nitrogens with one attached hydrogen (secondary N) is 1. The Bertz CT molecular complexity index is 568. The summed E-state index contributed by atoms with van der Waals surface area (Å²) in [6.45, 7) is 3.84. The molecule has 18 heavy (non-hydrogen) atoms. The zero-order chi connectivity index (χ0) is 13.3. The van der Waals surface area contributed by atoms with Crippen LogP contribution in [0.3, 0.4) is 0 Å². The van der Waals surface area contributed by atoms with Crippen molar-refractivity contribution >= 4 is 40.2 Å². The van der Waals surface area contributed by atoms with E-state index >= 15 is 0 Å². The molecule has 1 atom stereocenters. The van der Waals surface area contributed by atoms with Crippen molar-refractivity contribution in [1.82, 2.24) is 0 Å². The third-order valence-electron chi connectivity index (χ3n) is 2.64. The molecule has 1 aromatic carbocycles. The van der Waals surface area contributed by atoms with Crippen LogP contribution in [0.2, 0.25) is 8.67 Å². The minimum atomic E-state index is -0.273. The lowest BCUT2D eigenvalue weighted by Gasteiger charge is -2.15. The average Bonchev–Trinajstić information content (AvgIpc) is 2.63. The lowest BCUT2D eigenvalue weighted by Crippen LogP contribution is -2.07. The van der Waals surface area contributed by atoms with E-state index in [-0.39, 0.29) is 11.9 Å². The average molecular weight is 304 g/mol. The molecule has 0 saturated heterocycles. The first-order valence-electron chi connectivity index (χ1n) is 5.45. The first-order valence-corrected chi connectivity index (χ1v) is 7.02. The highest BCUT2D eigenvalue weighted by Gasteiger charge is 2.14. The Labute approximate surface area is 120 Å². The number of thiophene rings is 1. The molecule has 5 heteroatoms. The predicted molar refractivity (Wildman–Crippen MR) is 77.5 cm³/mol. The van der Waals surface area contributed by atoms with Gasteiger partial charge in [-0.2, -0.15) is 0 Å². The fourth-order valence-electron chi connectivity index (χ4n) is 1.71. The molecule has 0 bridgehead atoms. The summed E-state index contributed by atoms with van der Waals surface area (Å²) in [5, 5.41) is 3.11. The molecular formula is C13H12Cl2FNS. The van der Waals surface area contributed by atoms with Crippen LogP contribution in [0, 0.1) is 12.7 Å². The minimum absolute atomic E-state index is 0.0995. The van der Waals surface area contributed by atoms with E-state index in [1.165, 1.54) is 17.4 Å². The van der Waals surface area contributed by atoms with E-state index in [0.29, 0.717) is 14.4 Å². The fourth-order valence-corrected chi connectivity index (χ4v) is 3.35. The number of anilines is 1. The molecule has 96 valence electrons. The molecule has 1 nitrogen and oxygen atoms in total. The quantitative estimate of drug-likeness (QED) is 0.769. The van der Waals surface area contributed by atoms with Gasteiger partial charge in [0.25, 0.3) is 0 Å². The van der Waals surface area contributed by atoms with E-state index in [1.54, 1.807) is 18.2 Å². The zero-order valence-electron chi connectivity index (χ0n) is 9.93. The summed E-state index contributed by atoms with van der Waals surface area (Å²) in [7, 11) is 0. The molecular weight excluding hydrogens is 292 g/mol. The summed E-state index contributed by atoms with van der Waals surface area (Å²) < 4.78 is 14.9. The molecule has 0 spiro atoms. The number of rotatable bonds is 3. The second kappa shape index (κ2) is 5.47. The van der Waals surface area contributed by atoms with Crippen LogP contribution in [0.5, 0.6) is 0 Å². The monoisotopic (exact) mass is 303 g/mol. The number of benzene rings is 1. The standard InChI is InChI=1S/C13H12Cl2FNS/c1-7-3-4-10(16)11(5-7)17-8(2)9-6-12(14)18-13(9)15/h3-6,8,17H,1-2H3. The topological polar surface area (TPSA) is 12.0 Å². The van der Waals surface area contributed by atoms with E-state index in [0.717, 1.165) is 11.1 Å². The van der Waals surface area contributed by atoms with Crippen LogP contribution < -0.4 is 5.32 Å². The van der Waals surface area contributed by atoms with Crippen LogP contribution >= 0.6 is 34.5 Å². The smallest absolute Gasteiger partial charge is 0.146 e. The molecule has 1 aromatic heterocycles. The van der Waals surface area contributed by atoms with Gasteiger partial charge in [0.15, 0.2) is 0 Å². The summed E-state index contributed by atoms with van der Waals surface area (Å²) in [4.78, 5) is 0. The van der Waals surface area contributed by atoms with E-state index in [4.69, 9.17) is 23.2 Å². The van der Waals surface area contributed by atoms with Crippen molar-refractivity contribution in [3.05, 3.63) is 49.9 Å². The van der Waals surface area contributed by atoms with Gasteiger partial charge in [-0.3, -0.25) is 0 Å². The number of hydrogen-bond donors (Lipinski definition) is 1. The summed E-state index contributed by atoms with van der Waals surface area (Å²) in [6.07, 6.45) is 0. The van der Waals surface area contributed by atoms with E-state index in [1.807, 2.05) is 13.8 Å². The Balaban J connectivity index is 2.23. The van der Waals surface area contributed by atoms with E-state index in [2.05, 4.69) is 5.32 Å². The molecule has 0 saturated carbocycles. The molecule has 0 aliphatic rings. The van der Waals surface area contributed by atoms with E-state index < -0.39 is 0 Å². The highest BCUT2D eigenvalue weighted by molar-refractivity contribution is 7.20. The lowest BCUT2D eigenvalue weighted by atomic mass is 10.1. The second-order valence-corrected chi connectivity index (χ2v) is 6.41. The molecule has 2 rings (SSSR count). The molecule has 0 aliphatic heterocycles. The normalized spacial score (nSPS) is 12.5. The van der Waals surface area contributed by atoms with Crippen molar-refractivity contribution in [3.8, 4) is 0 Å². The molecule has 0 fully saturated rings. The maximum atomic E-state index is 13.6. The molecule has 0 amide bonds. The van der Waals surface area contributed by atoms with Gasteiger partial charge < -0.3 is 5.32 Å². The first kappa shape index (κ1) is 13.7. The third kappa shape index (κ3) is 2.97. The SMILES string of the molecule is Cc1ccc(F)c(NC(C)c2cc(Cl)sc2Cl)c1. The summed E-state index contributed by atoms with van der Waals surface area (Å²) >= 11 is 13.3. The molecule has 1 N–H and O–H groups in total. The summed E-state index contributed by atoms with van der Waals surface area (Å²) in [6, 6.07) is 6.66. The van der Waals surface area contributed by atoms with Crippen LogP contribution in [0.1, 0.15) is 24.1 Å². The van der Waals surface area contributed by atoms with Crippen molar-refractivity contribution in [2.45, 2.75) is 19.9 Å². The zero-order valence-corrected chi connectivity index (χ0v) is 12.3. The van der Waals surface area contributed by atoms with E-state index in [9.17, 15) is 4.39 Å². The maximum Gasteiger partial charge on any atom is 0.146 e. The molecule has 2 aromatic rings. The van der Waals surface area contributed by atoms with Crippen molar-refractivity contribution in [3.63, 3.8) is 0 Å². The Hall–Kier alpha value is -0.770. The molecule has 0 radical (unpaired) electrons. The van der Waals surface area contributed by atoms with Gasteiger partial charge >= 0.3 is 0 Å². The largest absolute Gasteiger partial charge is 0.376 e. The number of hydrogen-bond acceptors (Lipinski definition) is 2. The van der Waals surface area contributed by atoms with Gasteiger partial charge in [0, 0.05) is 5.56 Å². The minimum Gasteiger partial charge on any atom is -0.376 e. The predicted octanol–water partition coefficient (Wildman–Crippen LogP) is 5.68. The maximum absolute atomic E-state index is 13.6. The van der Waals surface area contributed by atoms with Gasteiger partial charge in [0.2, 0.25) is 0 Å². The van der Waals surface area contributed by atoms with Crippen molar-refractivity contribution < 1.29 is 4.39 Å². The van der Waals surface area contributed by atoms with Crippen LogP contribution in [-0.4, -0.2) is 0 Å². The number of aryl methyl sites for hydroxylation is 1. The Morgan fingerprint density at radius 3 is 2.61 bits per heavy atom. The first-order chi connectivity index (χ1) is 8.47. The van der Waals surface area contributed by atoms with Crippen LogP contribution in [0.15, 0.2) is 24.3 Å². The summed E-state index contributed by atoms with van der Waals surface area (Å²) in [5.41, 5.74) is 2.36. The van der Waals surface area contributed by atoms with Gasteiger partial charge in [0.1, 0.15) is 5.82 Å². The van der Waals surface area contributed by atoms with Crippen LogP contribution in [0.25, 0.3) is 0 Å². The summed E-state index contributed by atoms with van der Waals surface area (Å²) in [5.74, 6) is -0.273. The van der Waals surface area contributed by atoms with Crippen molar-refractivity contribution in [2.75, 3.05) is 5.32 Å². The van der Waals surface area contributed by atoms with Gasteiger partial charge in [0.05, 0.1) is 20.4 Å². The molecule has 0 aliphatic carbocycles. The van der Waals surface area contributed by atoms with Gasteiger partial charge in [-0.25, -0.2) is 4.39 Å². The van der Waals surface area contributed by atoms with Crippen molar-refractivity contribution in [1.29, 1.82) is 0 Å². The Morgan fingerprint density at radius 1 is 1.28 bits per heavy atom. The molecule has 1 heterocycles. The second-order valence-electron chi connectivity index (χ2n) is 4.13. The van der Waals surface area contributed by atoms with Gasteiger partial charge in [-0.15, -0.1) is 11.3 Å². The van der Waals surface area contributed by atoms with Gasteiger partial charge in [-0.05, 0) is 37.6 Å². The highest BCUT2D eigenvalue weighted by Crippen LogP contribution is 2.36. The molecule has 1 unspecified atom stereocenters. The lowest BCUT2D eigenvalue weighted by molar-refractivity contribution is 0.627.